The van der Waals surface area contributed by atoms with Gasteiger partial charge in [0, 0.05) is 7.05 Å². The van der Waals surface area contributed by atoms with Gasteiger partial charge >= 0.3 is 0 Å². The summed E-state index contributed by atoms with van der Waals surface area (Å²) in [6.45, 7) is 5.06. The molecule has 0 atom stereocenters. The predicted molar refractivity (Wildman–Crippen MR) is 80.1 cm³/mol. The highest BCUT2D eigenvalue weighted by molar-refractivity contribution is 7.92. The summed E-state index contributed by atoms with van der Waals surface area (Å²) in [5, 5.41) is 0. The first-order valence-electron chi connectivity index (χ1n) is 5.91. The number of aryl methyl sites for hydroxylation is 2. The van der Waals surface area contributed by atoms with E-state index in [2.05, 4.69) is 4.72 Å². The number of nitrogens with one attached hydrogen (secondary N) is 1. The zero-order valence-electron chi connectivity index (χ0n) is 12.5. The standard InChI is InChI=1S/C12H20N2O4S2/c1-8-7-9(2)12(20(17,18)13-4)10(3)11(8)14(5)19(6,15)16/h7,13H,1-6H3. The molecule has 6 nitrogen and oxygen atoms in total. The van der Waals surface area contributed by atoms with Gasteiger partial charge < -0.3 is 0 Å². The van der Waals surface area contributed by atoms with Crippen LogP contribution in [0.2, 0.25) is 0 Å². The average molecular weight is 320 g/mol. The summed E-state index contributed by atoms with van der Waals surface area (Å²) in [6, 6.07) is 1.67. The Bertz CT molecular complexity index is 737. The molecule has 1 N–H and O–H groups in total. The van der Waals surface area contributed by atoms with Crippen molar-refractivity contribution in [1.29, 1.82) is 0 Å². The van der Waals surface area contributed by atoms with Gasteiger partial charge in [0.2, 0.25) is 20.0 Å². The van der Waals surface area contributed by atoms with Crippen LogP contribution in [0.3, 0.4) is 0 Å². The molecule has 0 bridgehead atoms. The summed E-state index contributed by atoms with van der Waals surface area (Å²) >= 11 is 0. The van der Waals surface area contributed by atoms with Crippen molar-refractivity contribution in [2.75, 3.05) is 24.7 Å². The van der Waals surface area contributed by atoms with Crippen molar-refractivity contribution in [3.63, 3.8) is 0 Å². The second-order valence-corrected chi connectivity index (χ2v) is 8.59. The van der Waals surface area contributed by atoms with Crippen LogP contribution in [0.1, 0.15) is 16.7 Å². The number of sulfonamides is 2. The SMILES string of the molecule is CNS(=O)(=O)c1c(C)cc(C)c(N(C)S(C)(=O)=O)c1C. The van der Waals surface area contributed by atoms with E-state index in [0.29, 0.717) is 22.4 Å². The third kappa shape index (κ3) is 2.97. The summed E-state index contributed by atoms with van der Waals surface area (Å²) < 4.78 is 51.0. The van der Waals surface area contributed by atoms with Crippen LogP contribution in [0.4, 0.5) is 5.69 Å². The topological polar surface area (TPSA) is 83.6 Å². The Kier molecular flexibility index (Phi) is 4.52. The number of anilines is 1. The quantitative estimate of drug-likeness (QED) is 0.894. The van der Waals surface area contributed by atoms with E-state index >= 15 is 0 Å². The zero-order chi connectivity index (χ0) is 15.9. The first-order chi connectivity index (χ1) is 8.93. The smallest absolute Gasteiger partial charge is 0.240 e. The van der Waals surface area contributed by atoms with E-state index in [4.69, 9.17) is 0 Å². The lowest BCUT2D eigenvalue weighted by molar-refractivity contribution is 0.586. The van der Waals surface area contributed by atoms with Crippen molar-refractivity contribution in [1.82, 2.24) is 4.72 Å². The molecule has 0 fully saturated rings. The van der Waals surface area contributed by atoms with E-state index in [0.717, 1.165) is 10.6 Å². The van der Waals surface area contributed by atoms with Gasteiger partial charge in [-0.3, -0.25) is 4.31 Å². The van der Waals surface area contributed by atoms with Crippen molar-refractivity contribution >= 4 is 25.7 Å². The van der Waals surface area contributed by atoms with Crippen LogP contribution < -0.4 is 9.03 Å². The second-order valence-electron chi connectivity index (χ2n) is 4.75. The Balaban J connectivity index is 3.79. The van der Waals surface area contributed by atoms with Gasteiger partial charge in [0.1, 0.15) is 0 Å². The Morgan fingerprint density at radius 3 is 1.95 bits per heavy atom. The molecule has 0 saturated heterocycles. The molecular formula is C12H20N2O4S2. The maximum absolute atomic E-state index is 12.1. The van der Waals surface area contributed by atoms with Gasteiger partial charge in [0.05, 0.1) is 16.8 Å². The van der Waals surface area contributed by atoms with Crippen molar-refractivity contribution in [3.8, 4) is 0 Å². The maximum Gasteiger partial charge on any atom is 0.240 e. The van der Waals surface area contributed by atoms with Crippen molar-refractivity contribution in [2.45, 2.75) is 25.7 Å². The van der Waals surface area contributed by atoms with Gasteiger partial charge in [-0.15, -0.1) is 0 Å². The molecule has 0 spiro atoms. The summed E-state index contributed by atoms with van der Waals surface area (Å²) in [5.41, 5.74) is 2.11. The lowest BCUT2D eigenvalue weighted by atomic mass is 10.1. The lowest BCUT2D eigenvalue weighted by Crippen LogP contribution is -2.28. The minimum Gasteiger partial charge on any atom is -0.273 e. The number of rotatable bonds is 4. The highest BCUT2D eigenvalue weighted by Gasteiger charge is 2.25. The highest BCUT2D eigenvalue weighted by atomic mass is 32.2. The Labute approximate surface area is 120 Å². The average Bonchev–Trinajstić information content (AvgIpc) is 2.26. The van der Waals surface area contributed by atoms with Crippen molar-refractivity contribution < 1.29 is 16.8 Å². The zero-order valence-corrected chi connectivity index (χ0v) is 14.1. The van der Waals surface area contributed by atoms with E-state index in [1.165, 1.54) is 14.1 Å². The molecular weight excluding hydrogens is 300 g/mol. The molecule has 20 heavy (non-hydrogen) atoms. The molecule has 1 rings (SSSR count). The molecule has 0 heterocycles. The third-order valence-corrected chi connectivity index (χ3v) is 6.09. The molecule has 0 aliphatic rings. The molecule has 8 heteroatoms. The fourth-order valence-corrected chi connectivity index (χ4v) is 4.12. The predicted octanol–water partition coefficient (Wildman–Crippen LogP) is 0.916. The number of nitrogens with zero attached hydrogens (tertiary/aromatic N) is 1. The molecule has 0 radical (unpaired) electrons. The summed E-state index contributed by atoms with van der Waals surface area (Å²) in [5.74, 6) is 0. The van der Waals surface area contributed by atoms with Crippen LogP contribution in [0.5, 0.6) is 0 Å². The summed E-state index contributed by atoms with van der Waals surface area (Å²) in [6.07, 6.45) is 1.08. The maximum atomic E-state index is 12.1. The van der Waals surface area contributed by atoms with E-state index in [9.17, 15) is 16.8 Å². The van der Waals surface area contributed by atoms with E-state index in [-0.39, 0.29) is 4.90 Å². The summed E-state index contributed by atoms with van der Waals surface area (Å²) in [4.78, 5) is 0.121. The van der Waals surface area contributed by atoms with Crippen molar-refractivity contribution in [2.24, 2.45) is 0 Å². The fraction of sp³-hybridized carbons (Fsp3) is 0.500. The first-order valence-corrected chi connectivity index (χ1v) is 9.25. The van der Waals surface area contributed by atoms with Crippen LogP contribution in [0, 0.1) is 20.8 Å². The summed E-state index contributed by atoms with van der Waals surface area (Å²) in [7, 11) is -4.37. The largest absolute Gasteiger partial charge is 0.273 e. The van der Waals surface area contributed by atoms with E-state index < -0.39 is 20.0 Å². The Morgan fingerprint density at radius 1 is 1.05 bits per heavy atom. The number of benzene rings is 1. The number of hydrogen-bond donors (Lipinski definition) is 1. The molecule has 0 aliphatic heterocycles. The van der Waals surface area contributed by atoms with E-state index in [1.54, 1.807) is 26.8 Å². The molecule has 0 unspecified atom stereocenters. The van der Waals surface area contributed by atoms with Crippen LogP contribution >= 0.6 is 0 Å². The van der Waals surface area contributed by atoms with Gasteiger partial charge in [-0.1, -0.05) is 6.07 Å². The molecule has 0 aliphatic carbocycles. The number of hydrogen-bond acceptors (Lipinski definition) is 4. The molecule has 1 aromatic rings. The molecule has 0 amide bonds. The normalized spacial score (nSPS) is 12.5. The minimum absolute atomic E-state index is 0.121. The Morgan fingerprint density at radius 2 is 1.55 bits per heavy atom. The van der Waals surface area contributed by atoms with Gasteiger partial charge in [-0.05, 0) is 44.5 Å². The first kappa shape index (κ1) is 16.9. The highest BCUT2D eigenvalue weighted by Crippen LogP contribution is 2.33. The molecule has 1 aromatic carbocycles. The monoisotopic (exact) mass is 320 g/mol. The van der Waals surface area contributed by atoms with Crippen LogP contribution in [0.25, 0.3) is 0 Å². The Hall–Kier alpha value is -1.12. The van der Waals surface area contributed by atoms with Crippen LogP contribution in [-0.2, 0) is 20.0 Å². The minimum atomic E-state index is -3.65. The van der Waals surface area contributed by atoms with Crippen LogP contribution in [0.15, 0.2) is 11.0 Å². The van der Waals surface area contributed by atoms with Gasteiger partial charge in [-0.25, -0.2) is 21.6 Å². The fourth-order valence-electron chi connectivity index (χ4n) is 2.32. The second kappa shape index (κ2) is 5.34. The van der Waals surface area contributed by atoms with Gasteiger partial charge in [0.15, 0.2) is 0 Å². The van der Waals surface area contributed by atoms with E-state index in [1.807, 2.05) is 0 Å². The van der Waals surface area contributed by atoms with Crippen molar-refractivity contribution in [3.05, 3.63) is 22.8 Å². The molecule has 114 valence electrons. The molecule has 0 aromatic heterocycles. The van der Waals surface area contributed by atoms with Crippen LogP contribution in [-0.4, -0.2) is 37.2 Å². The van der Waals surface area contributed by atoms with Gasteiger partial charge in [-0.2, -0.15) is 0 Å². The molecule has 0 saturated carbocycles. The third-order valence-electron chi connectivity index (χ3n) is 3.21. The lowest BCUT2D eigenvalue weighted by Gasteiger charge is -2.24. The van der Waals surface area contributed by atoms with Gasteiger partial charge in [0.25, 0.3) is 0 Å².